The second-order valence-corrected chi connectivity index (χ2v) is 3.69. The Hall–Kier alpha value is -2.09. The van der Waals surface area contributed by atoms with E-state index in [0.717, 1.165) is 0 Å². The summed E-state index contributed by atoms with van der Waals surface area (Å²) in [6, 6.07) is 0. The molecule has 17 heavy (non-hydrogen) atoms. The molecule has 0 amide bonds. The van der Waals surface area contributed by atoms with E-state index in [1.165, 1.54) is 0 Å². The quantitative estimate of drug-likeness (QED) is 0.503. The van der Waals surface area contributed by atoms with Gasteiger partial charge in [-0.1, -0.05) is 0 Å². The van der Waals surface area contributed by atoms with Crippen molar-refractivity contribution in [2.24, 2.45) is 0 Å². The van der Waals surface area contributed by atoms with Crippen molar-refractivity contribution in [2.75, 3.05) is 35.8 Å². The number of ketones is 1. The van der Waals surface area contributed by atoms with Crippen molar-refractivity contribution >= 4 is 23.2 Å². The van der Waals surface area contributed by atoms with Crippen molar-refractivity contribution in [1.82, 2.24) is 9.97 Å². The number of nitrogen functional groups attached to an aromatic ring is 1. The molecule has 1 aliphatic heterocycles. The maximum Gasteiger partial charge on any atom is 0.277 e. The number of carbonyl (C=O) groups excluding carboxylic acids is 1. The van der Waals surface area contributed by atoms with Crippen LogP contribution in [0.5, 0.6) is 0 Å². The Morgan fingerprint density at radius 3 is 3.06 bits per heavy atom. The molecule has 5 N–H and O–H groups in total. The molecule has 0 fully saturated rings. The van der Waals surface area contributed by atoms with E-state index in [9.17, 15) is 9.59 Å². The van der Waals surface area contributed by atoms with Gasteiger partial charge in [-0.2, -0.15) is 4.98 Å². The third-order valence-corrected chi connectivity index (χ3v) is 2.42. The third-order valence-electron chi connectivity index (χ3n) is 2.42. The SMILES string of the molecule is Nc1nc2c(c(=O)[nH]1)NCN2CC(=O)CCO. The molecular weight excluding hydrogens is 226 g/mol. The number of anilines is 3. The van der Waals surface area contributed by atoms with Crippen molar-refractivity contribution in [2.45, 2.75) is 6.42 Å². The van der Waals surface area contributed by atoms with Crippen LogP contribution >= 0.6 is 0 Å². The van der Waals surface area contributed by atoms with Crippen molar-refractivity contribution in [1.29, 1.82) is 0 Å². The molecule has 0 aromatic carbocycles. The highest BCUT2D eigenvalue weighted by Crippen LogP contribution is 2.24. The van der Waals surface area contributed by atoms with E-state index in [-0.39, 0.29) is 36.9 Å². The summed E-state index contributed by atoms with van der Waals surface area (Å²) in [5, 5.41) is 11.5. The first-order valence-electron chi connectivity index (χ1n) is 5.13. The van der Waals surface area contributed by atoms with Crippen LogP contribution in [0.15, 0.2) is 4.79 Å². The molecule has 1 aromatic heterocycles. The predicted molar refractivity (Wildman–Crippen MR) is 61.8 cm³/mol. The Kier molecular flexibility index (Phi) is 2.96. The third kappa shape index (κ3) is 2.21. The number of Topliss-reactive ketones (excluding diaryl/α,β-unsaturated/α-hetero) is 1. The van der Waals surface area contributed by atoms with E-state index < -0.39 is 0 Å². The van der Waals surface area contributed by atoms with Crippen molar-refractivity contribution < 1.29 is 9.90 Å². The van der Waals surface area contributed by atoms with Crippen LogP contribution in [-0.4, -0.2) is 40.7 Å². The number of H-pyrrole nitrogens is 1. The van der Waals surface area contributed by atoms with Gasteiger partial charge in [0.1, 0.15) is 5.69 Å². The molecular formula is C9H13N5O3. The average molecular weight is 239 g/mol. The summed E-state index contributed by atoms with van der Waals surface area (Å²) in [7, 11) is 0. The van der Waals surface area contributed by atoms with E-state index in [4.69, 9.17) is 10.8 Å². The van der Waals surface area contributed by atoms with Gasteiger partial charge in [-0.3, -0.25) is 14.6 Å². The average Bonchev–Trinajstić information content (AvgIpc) is 2.62. The van der Waals surface area contributed by atoms with Gasteiger partial charge in [0.25, 0.3) is 5.56 Å². The highest BCUT2D eigenvalue weighted by molar-refractivity contribution is 5.85. The molecule has 8 nitrogen and oxygen atoms in total. The molecule has 0 atom stereocenters. The molecule has 8 heteroatoms. The summed E-state index contributed by atoms with van der Waals surface area (Å²) in [4.78, 5) is 30.9. The number of aromatic nitrogens is 2. The molecule has 0 aliphatic carbocycles. The van der Waals surface area contributed by atoms with E-state index in [1.54, 1.807) is 4.90 Å². The van der Waals surface area contributed by atoms with E-state index in [2.05, 4.69) is 15.3 Å². The molecule has 92 valence electrons. The van der Waals surface area contributed by atoms with Crippen LogP contribution < -0.4 is 21.5 Å². The molecule has 0 bridgehead atoms. The van der Waals surface area contributed by atoms with Gasteiger partial charge in [-0.05, 0) is 0 Å². The Bertz CT molecular complexity index is 498. The summed E-state index contributed by atoms with van der Waals surface area (Å²) in [5.74, 6) is 0.261. The number of fused-ring (bicyclic) bond motifs is 1. The second-order valence-electron chi connectivity index (χ2n) is 3.69. The molecule has 1 aliphatic rings. The number of nitrogens with one attached hydrogen (secondary N) is 2. The summed E-state index contributed by atoms with van der Waals surface area (Å²) in [5.41, 5.74) is 5.40. The molecule has 0 saturated heterocycles. The maximum absolute atomic E-state index is 11.5. The minimum atomic E-state index is -0.357. The largest absolute Gasteiger partial charge is 0.396 e. The van der Waals surface area contributed by atoms with Crippen LogP contribution in [0.2, 0.25) is 0 Å². The number of hydrogen-bond acceptors (Lipinski definition) is 7. The van der Waals surface area contributed by atoms with Gasteiger partial charge < -0.3 is 21.1 Å². The lowest BCUT2D eigenvalue weighted by Gasteiger charge is -2.15. The maximum atomic E-state index is 11.5. The Labute approximate surface area is 96.5 Å². The van der Waals surface area contributed by atoms with Gasteiger partial charge in [0.15, 0.2) is 11.6 Å². The van der Waals surface area contributed by atoms with Crippen LogP contribution in [0.1, 0.15) is 6.42 Å². The number of aliphatic hydroxyl groups is 1. The fourth-order valence-corrected chi connectivity index (χ4v) is 1.66. The molecule has 0 radical (unpaired) electrons. The second kappa shape index (κ2) is 4.42. The number of carbonyl (C=O) groups is 1. The Morgan fingerprint density at radius 2 is 2.35 bits per heavy atom. The summed E-state index contributed by atoms with van der Waals surface area (Å²) < 4.78 is 0. The van der Waals surface area contributed by atoms with Crippen LogP contribution in [0.3, 0.4) is 0 Å². The predicted octanol–water partition coefficient (Wildman–Crippen LogP) is -1.51. The Morgan fingerprint density at radius 1 is 1.59 bits per heavy atom. The number of hydrogen-bond donors (Lipinski definition) is 4. The van der Waals surface area contributed by atoms with Gasteiger partial charge >= 0.3 is 0 Å². The van der Waals surface area contributed by atoms with Crippen LogP contribution in [-0.2, 0) is 4.79 Å². The molecule has 2 rings (SSSR count). The zero-order valence-corrected chi connectivity index (χ0v) is 9.06. The lowest BCUT2D eigenvalue weighted by atomic mass is 10.3. The number of rotatable bonds is 4. The van der Waals surface area contributed by atoms with Gasteiger partial charge in [-0.15, -0.1) is 0 Å². The number of aliphatic hydroxyl groups excluding tert-OH is 1. The van der Waals surface area contributed by atoms with E-state index in [0.29, 0.717) is 18.2 Å². The van der Waals surface area contributed by atoms with Gasteiger partial charge in [-0.25, -0.2) is 0 Å². The van der Waals surface area contributed by atoms with Gasteiger partial charge in [0, 0.05) is 6.42 Å². The Balaban J connectivity index is 2.22. The smallest absolute Gasteiger partial charge is 0.277 e. The van der Waals surface area contributed by atoms with Gasteiger partial charge in [0.05, 0.1) is 19.8 Å². The van der Waals surface area contributed by atoms with E-state index in [1.807, 2.05) is 0 Å². The molecule has 2 heterocycles. The monoisotopic (exact) mass is 239 g/mol. The standard InChI is InChI=1S/C9H13N5O3/c10-9-12-7-6(8(17)13-9)11-4-14(7)3-5(16)1-2-15/h11,15H,1-4H2,(H3,10,12,13,17). The molecule has 0 unspecified atom stereocenters. The lowest BCUT2D eigenvalue weighted by Crippen LogP contribution is -2.30. The van der Waals surface area contributed by atoms with Crippen LogP contribution in [0.4, 0.5) is 17.5 Å². The first kappa shape index (κ1) is 11.4. The fraction of sp³-hybridized carbons (Fsp3) is 0.444. The minimum Gasteiger partial charge on any atom is -0.396 e. The zero-order chi connectivity index (χ0) is 12.4. The summed E-state index contributed by atoms with van der Waals surface area (Å²) in [6.45, 7) is 0.236. The number of nitrogens with zero attached hydrogens (tertiary/aromatic N) is 2. The first-order valence-corrected chi connectivity index (χ1v) is 5.13. The number of nitrogens with two attached hydrogens (primary N) is 1. The zero-order valence-electron chi connectivity index (χ0n) is 9.06. The van der Waals surface area contributed by atoms with Crippen LogP contribution in [0, 0.1) is 0 Å². The fourth-order valence-electron chi connectivity index (χ4n) is 1.66. The number of aromatic amines is 1. The molecule has 0 saturated carbocycles. The highest BCUT2D eigenvalue weighted by atomic mass is 16.3. The molecule has 0 spiro atoms. The van der Waals surface area contributed by atoms with Crippen LogP contribution in [0.25, 0.3) is 0 Å². The van der Waals surface area contributed by atoms with E-state index >= 15 is 0 Å². The van der Waals surface area contributed by atoms with Gasteiger partial charge in [0.2, 0.25) is 5.95 Å². The topological polar surface area (TPSA) is 124 Å². The summed E-state index contributed by atoms with van der Waals surface area (Å²) in [6.07, 6.45) is 0.0878. The normalized spacial score (nSPS) is 13.4. The van der Waals surface area contributed by atoms with Crippen molar-refractivity contribution in [3.05, 3.63) is 10.4 Å². The van der Waals surface area contributed by atoms with Crippen molar-refractivity contribution in [3.8, 4) is 0 Å². The highest BCUT2D eigenvalue weighted by Gasteiger charge is 2.25. The van der Waals surface area contributed by atoms with Crippen molar-refractivity contribution in [3.63, 3.8) is 0 Å². The molecule has 1 aromatic rings. The summed E-state index contributed by atoms with van der Waals surface area (Å²) >= 11 is 0. The lowest BCUT2D eigenvalue weighted by molar-refractivity contribution is -0.118. The first-order chi connectivity index (χ1) is 8.11. The minimum absolute atomic E-state index is 0.0112.